The van der Waals surface area contributed by atoms with E-state index in [2.05, 4.69) is 5.32 Å². The monoisotopic (exact) mass is 483 g/mol. The van der Waals surface area contributed by atoms with E-state index < -0.39 is 5.91 Å². The molecule has 0 saturated heterocycles. The van der Waals surface area contributed by atoms with Gasteiger partial charge in [-0.3, -0.25) is 9.59 Å². The molecule has 168 valence electrons. The smallest absolute Gasteiger partial charge is 0.262 e. The number of fused-ring (bicyclic) bond motifs is 1. The number of halogens is 2. The van der Waals surface area contributed by atoms with Crippen LogP contribution in [0.25, 0.3) is 11.0 Å². The van der Waals surface area contributed by atoms with Gasteiger partial charge in [-0.25, -0.2) is 0 Å². The molecular weight excluding hydrogens is 465 g/mol. The first-order chi connectivity index (χ1) is 15.8. The van der Waals surface area contributed by atoms with E-state index in [4.69, 9.17) is 37.1 Å². The first-order valence-electron chi connectivity index (χ1n) is 9.97. The fourth-order valence-electron chi connectivity index (χ4n) is 3.34. The van der Waals surface area contributed by atoms with Crippen molar-refractivity contribution in [1.82, 2.24) is 0 Å². The van der Waals surface area contributed by atoms with Crippen molar-refractivity contribution >= 4 is 45.8 Å². The van der Waals surface area contributed by atoms with Gasteiger partial charge in [0.15, 0.2) is 6.61 Å². The van der Waals surface area contributed by atoms with E-state index in [1.165, 1.54) is 6.26 Å². The molecule has 4 aromatic rings. The molecule has 0 radical (unpaired) electrons. The summed E-state index contributed by atoms with van der Waals surface area (Å²) in [4.78, 5) is 25.0. The van der Waals surface area contributed by atoms with Crippen molar-refractivity contribution in [3.05, 3.63) is 92.3 Å². The highest BCUT2D eigenvalue weighted by Crippen LogP contribution is 2.26. The van der Waals surface area contributed by atoms with Crippen LogP contribution in [0.5, 0.6) is 17.2 Å². The number of amides is 1. The molecule has 4 rings (SSSR count). The second kappa shape index (κ2) is 9.57. The summed E-state index contributed by atoms with van der Waals surface area (Å²) < 4.78 is 16.9. The Bertz CT molecular complexity index is 1370. The third kappa shape index (κ3) is 5.66. The Labute approximate surface area is 199 Å². The van der Waals surface area contributed by atoms with Gasteiger partial charge in [0, 0.05) is 21.8 Å². The zero-order valence-corrected chi connectivity index (χ0v) is 19.3. The van der Waals surface area contributed by atoms with Gasteiger partial charge in [0.25, 0.3) is 5.91 Å². The molecule has 8 heteroatoms. The number of aryl methyl sites for hydroxylation is 2. The highest BCUT2D eigenvalue weighted by atomic mass is 35.5. The Morgan fingerprint density at radius 2 is 1.64 bits per heavy atom. The largest absolute Gasteiger partial charge is 0.484 e. The molecule has 6 nitrogen and oxygen atoms in total. The molecule has 0 bridgehead atoms. The van der Waals surface area contributed by atoms with Gasteiger partial charge in [0.05, 0.1) is 5.39 Å². The van der Waals surface area contributed by atoms with Crippen molar-refractivity contribution in [2.75, 3.05) is 11.9 Å². The second-order valence-electron chi connectivity index (χ2n) is 7.51. The number of anilines is 1. The van der Waals surface area contributed by atoms with Gasteiger partial charge in [-0.1, -0.05) is 29.3 Å². The number of nitrogens with one attached hydrogen (secondary N) is 1. The van der Waals surface area contributed by atoms with E-state index >= 15 is 0 Å². The highest BCUT2D eigenvalue weighted by Gasteiger charge is 2.12. The highest BCUT2D eigenvalue weighted by molar-refractivity contribution is 6.35. The molecule has 0 spiro atoms. The minimum Gasteiger partial charge on any atom is -0.484 e. The van der Waals surface area contributed by atoms with Gasteiger partial charge in [0.2, 0.25) is 11.2 Å². The summed E-state index contributed by atoms with van der Waals surface area (Å²) in [7, 11) is 0. The summed E-state index contributed by atoms with van der Waals surface area (Å²) >= 11 is 11.9. The number of carbonyl (C=O) groups is 1. The zero-order valence-electron chi connectivity index (χ0n) is 17.8. The van der Waals surface area contributed by atoms with E-state index in [1.807, 2.05) is 32.0 Å². The number of rotatable bonds is 6. The molecule has 0 saturated carbocycles. The topological polar surface area (TPSA) is 77.8 Å². The minimum absolute atomic E-state index is 0.0840. The lowest BCUT2D eigenvalue weighted by Gasteiger charge is -2.10. The van der Waals surface area contributed by atoms with E-state index in [9.17, 15) is 9.59 Å². The SMILES string of the molecule is Cc1cc(C)cc(Oc2coc3cc(OCC(=O)Nc4cc(Cl)cc(Cl)c4)ccc3c2=O)c1. The van der Waals surface area contributed by atoms with Crippen molar-refractivity contribution < 1.29 is 18.7 Å². The Balaban J connectivity index is 1.46. The quantitative estimate of drug-likeness (QED) is 0.337. The summed E-state index contributed by atoms with van der Waals surface area (Å²) in [5, 5.41) is 3.80. The molecule has 33 heavy (non-hydrogen) atoms. The molecule has 1 amide bonds. The summed E-state index contributed by atoms with van der Waals surface area (Å²) in [5.41, 5.74) is 2.52. The number of hydrogen-bond acceptors (Lipinski definition) is 5. The summed E-state index contributed by atoms with van der Waals surface area (Å²) in [6.07, 6.45) is 1.27. The number of hydrogen-bond donors (Lipinski definition) is 1. The maximum absolute atomic E-state index is 12.8. The molecule has 0 aliphatic rings. The van der Waals surface area contributed by atoms with Crippen LogP contribution in [0.1, 0.15) is 11.1 Å². The van der Waals surface area contributed by atoms with Crippen LogP contribution in [0.15, 0.2) is 70.1 Å². The van der Waals surface area contributed by atoms with Gasteiger partial charge in [0.1, 0.15) is 23.3 Å². The van der Waals surface area contributed by atoms with Gasteiger partial charge in [-0.05, 0) is 67.4 Å². The third-order valence-corrected chi connectivity index (χ3v) is 5.09. The standard InChI is InChI=1S/C25H19Cl2NO5/c1-14-5-15(2)7-20(6-14)33-23-12-32-22-11-19(3-4-21(22)25(23)30)31-13-24(29)28-18-9-16(26)8-17(27)10-18/h3-12H,13H2,1-2H3,(H,28,29). The lowest BCUT2D eigenvalue weighted by Crippen LogP contribution is -2.20. The number of ether oxygens (including phenoxy) is 2. The van der Waals surface area contributed by atoms with Crippen LogP contribution < -0.4 is 20.2 Å². The minimum atomic E-state index is -0.396. The normalized spacial score (nSPS) is 10.8. The molecule has 3 aromatic carbocycles. The molecule has 1 heterocycles. The fourth-order valence-corrected chi connectivity index (χ4v) is 3.87. The molecule has 1 N–H and O–H groups in total. The van der Waals surface area contributed by atoms with Gasteiger partial charge < -0.3 is 19.2 Å². The average molecular weight is 484 g/mol. The second-order valence-corrected chi connectivity index (χ2v) is 8.38. The van der Waals surface area contributed by atoms with E-state index in [0.29, 0.717) is 38.2 Å². The molecule has 0 aliphatic heterocycles. The van der Waals surface area contributed by atoms with E-state index in [1.54, 1.807) is 36.4 Å². The zero-order chi connectivity index (χ0) is 23.5. The predicted molar refractivity (Wildman–Crippen MR) is 129 cm³/mol. The van der Waals surface area contributed by atoms with Gasteiger partial charge >= 0.3 is 0 Å². The van der Waals surface area contributed by atoms with Crippen LogP contribution in [0.2, 0.25) is 10.0 Å². The Morgan fingerprint density at radius 1 is 0.939 bits per heavy atom. The van der Waals surface area contributed by atoms with Crippen LogP contribution in [-0.2, 0) is 4.79 Å². The molecule has 0 atom stereocenters. The summed E-state index contributed by atoms with van der Waals surface area (Å²) in [6, 6.07) is 15.1. The van der Waals surface area contributed by atoms with E-state index in [0.717, 1.165) is 11.1 Å². The maximum atomic E-state index is 12.8. The Hall–Kier alpha value is -3.48. The molecule has 0 aliphatic carbocycles. The van der Waals surface area contributed by atoms with Crippen molar-refractivity contribution in [2.24, 2.45) is 0 Å². The Kier molecular flexibility index (Phi) is 6.58. The first kappa shape index (κ1) is 22.7. The summed E-state index contributed by atoms with van der Waals surface area (Å²) in [6.45, 7) is 3.65. The molecular formula is C25H19Cl2NO5. The number of benzene rings is 3. The summed E-state index contributed by atoms with van der Waals surface area (Å²) in [5.74, 6) is 0.617. The lowest BCUT2D eigenvalue weighted by atomic mass is 10.1. The van der Waals surface area contributed by atoms with Crippen molar-refractivity contribution in [3.63, 3.8) is 0 Å². The first-order valence-corrected chi connectivity index (χ1v) is 10.7. The van der Waals surface area contributed by atoms with Crippen LogP contribution in [0, 0.1) is 13.8 Å². The van der Waals surface area contributed by atoms with Crippen molar-refractivity contribution in [3.8, 4) is 17.2 Å². The van der Waals surface area contributed by atoms with Crippen LogP contribution in [-0.4, -0.2) is 12.5 Å². The Morgan fingerprint density at radius 3 is 2.33 bits per heavy atom. The van der Waals surface area contributed by atoms with E-state index in [-0.39, 0.29) is 17.8 Å². The molecule has 1 aromatic heterocycles. The van der Waals surface area contributed by atoms with Crippen molar-refractivity contribution in [1.29, 1.82) is 0 Å². The predicted octanol–water partition coefficient (Wildman–Crippen LogP) is 6.53. The van der Waals surface area contributed by atoms with Crippen LogP contribution in [0.4, 0.5) is 5.69 Å². The molecule has 0 unspecified atom stereocenters. The number of carbonyl (C=O) groups excluding carboxylic acids is 1. The average Bonchev–Trinajstić information content (AvgIpc) is 2.73. The molecule has 0 fully saturated rings. The fraction of sp³-hybridized carbons (Fsp3) is 0.120. The van der Waals surface area contributed by atoms with Gasteiger partial charge in [-0.15, -0.1) is 0 Å². The van der Waals surface area contributed by atoms with Gasteiger partial charge in [-0.2, -0.15) is 0 Å². The van der Waals surface area contributed by atoms with Crippen LogP contribution in [0.3, 0.4) is 0 Å². The van der Waals surface area contributed by atoms with Crippen molar-refractivity contribution in [2.45, 2.75) is 13.8 Å². The lowest BCUT2D eigenvalue weighted by molar-refractivity contribution is -0.118. The van der Waals surface area contributed by atoms with Crippen LogP contribution >= 0.6 is 23.2 Å². The maximum Gasteiger partial charge on any atom is 0.262 e. The third-order valence-electron chi connectivity index (χ3n) is 4.65.